The minimum absolute atomic E-state index is 0.132. The maximum atomic E-state index is 13.5. The predicted octanol–water partition coefficient (Wildman–Crippen LogP) is 3.65. The Labute approximate surface area is 96.7 Å². The molecule has 0 spiro atoms. The van der Waals surface area contributed by atoms with Crippen LogP contribution in [0.3, 0.4) is 0 Å². The molecule has 1 N–H and O–H groups in total. The molecule has 0 radical (unpaired) electrons. The molecule has 0 saturated carbocycles. The van der Waals surface area contributed by atoms with E-state index in [1.807, 2.05) is 13.8 Å². The molecule has 0 fully saturated rings. The number of hydrogen-bond donors (Lipinski definition) is 1. The summed E-state index contributed by atoms with van der Waals surface area (Å²) in [5.74, 6) is -1.40. The number of nitrogens with one attached hydrogen (secondary N) is 1. The lowest BCUT2D eigenvalue weighted by Gasteiger charge is -2.11. The molecule has 0 amide bonds. The van der Waals surface area contributed by atoms with Crippen LogP contribution in [0.25, 0.3) is 11.4 Å². The van der Waals surface area contributed by atoms with Crippen LogP contribution in [0.4, 0.5) is 8.78 Å². The topological polar surface area (TPSA) is 28.7 Å². The maximum Gasteiger partial charge on any atom is 0.175 e. The van der Waals surface area contributed by atoms with Crippen LogP contribution in [0, 0.1) is 16.3 Å². The van der Waals surface area contributed by atoms with Crippen molar-refractivity contribution < 1.29 is 8.78 Å². The zero-order valence-corrected chi connectivity index (χ0v) is 9.66. The van der Waals surface area contributed by atoms with Crippen LogP contribution in [0.1, 0.15) is 25.3 Å². The highest BCUT2D eigenvalue weighted by atomic mass is 32.1. The van der Waals surface area contributed by atoms with Crippen LogP contribution in [-0.4, -0.2) is 9.97 Å². The van der Waals surface area contributed by atoms with Crippen molar-refractivity contribution in [3.8, 4) is 11.4 Å². The second-order valence-electron chi connectivity index (χ2n) is 3.88. The second-order valence-corrected chi connectivity index (χ2v) is 4.27. The smallest absolute Gasteiger partial charge is 0.175 e. The molecule has 2 aliphatic heterocycles. The Bertz CT molecular complexity index is 563. The van der Waals surface area contributed by atoms with Crippen LogP contribution in [0.15, 0.2) is 12.3 Å². The van der Waals surface area contributed by atoms with Gasteiger partial charge in [-0.25, -0.2) is 13.8 Å². The van der Waals surface area contributed by atoms with Crippen LogP contribution >= 0.6 is 12.2 Å². The largest absolute Gasteiger partial charge is 0.343 e. The second kappa shape index (κ2) is 3.90. The molecule has 0 aromatic heterocycles. The number of hydrogen-bond acceptors (Lipinski definition) is 2. The predicted molar refractivity (Wildman–Crippen MR) is 60.0 cm³/mol. The van der Waals surface area contributed by atoms with Crippen molar-refractivity contribution in [3.05, 3.63) is 34.1 Å². The normalized spacial score (nSPS) is 11.3. The number of halogens is 2. The zero-order chi connectivity index (χ0) is 11.9. The van der Waals surface area contributed by atoms with Gasteiger partial charge in [0.05, 0.1) is 5.56 Å². The Morgan fingerprint density at radius 2 is 2.06 bits per heavy atom. The lowest BCUT2D eigenvalue weighted by atomic mass is 10.0. The first kappa shape index (κ1) is 11.1. The summed E-state index contributed by atoms with van der Waals surface area (Å²) in [6.07, 6.45) is 0.939. The molecule has 0 atom stereocenters. The van der Waals surface area contributed by atoms with E-state index in [1.165, 1.54) is 0 Å². The third kappa shape index (κ3) is 1.71. The first-order valence-electron chi connectivity index (χ1n) is 4.88. The lowest BCUT2D eigenvalue weighted by Crippen LogP contribution is -2.02. The monoisotopic (exact) mass is 240 g/mol. The van der Waals surface area contributed by atoms with E-state index >= 15 is 0 Å². The number of aromatic nitrogens is 2. The average molecular weight is 240 g/mol. The van der Waals surface area contributed by atoms with Crippen LogP contribution in [0.5, 0.6) is 0 Å². The zero-order valence-electron chi connectivity index (χ0n) is 8.84. The average Bonchev–Trinajstić information content (AvgIpc) is 2.23. The Hall–Kier alpha value is -1.36. The number of pyridine rings is 2. The van der Waals surface area contributed by atoms with Crippen molar-refractivity contribution >= 4 is 12.2 Å². The van der Waals surface area contributed by atoms with Crippen LogP contribution in [-0.2, 0) is 0 Å². The van der Waals surface area contributed by atoms with Crippen molar-refractivity contribution in [2.24, 2.45) is 0 Å². The first-order valence-corrected chi connectivity index (χ1v) is 5.29. The summed E-state index contributed by atoms with van der Waals surface area (Å²) in [6.45, 7) is 3.86. The maximum absolute atomic E-state index is 13.5. The number of rotatable bonds is 1. The standard InChI is InChI=1S/C11H10F2N2S/c1-5(2)6-3-7-9(13)8(12)4-14-10(7)15-11(6)16/h3-5H,1-2H3,(H,14,15,16). The van der Waals surface area contributed by atoms with Gasteiger partial charge in [-0.05, 0) is 17.5 Å². The Balaban J connectivity index is 2.82. The molecular formula is C11H10F2N2S. The quantitative estimate of drug-likeness (QED) is 0.771. The molecule has 0 aliphatic carbocycles. The van der Waals surface area contributed by atoms with Gasteiger partial charge in [0.1, 0.15) is 10.5 Å². The van der Waals surface area contributed by atoms with Gasteiger partial charge in [-0.15, -0.1) is 0 Å². The van der Waals surface area contributed by atoms with Gasteiger partial charge in [-0.1, -0.05) is 26.1 Å². The molecule has 84 valence electrons. The Kier molecular flexibility index (Phi) is 2.71. The fraction of sp³-hybridized carbons (Fsp3) is 0.273. The van der Waals surface area contributed by atoms with Crippen molar-refractivity contribution in [2.45, 2.75) is 19.8 Å². The van der Waals surface area contributed by atoms with Crippen LogP contribution in [0.2, 0.25) is 0 Å². The number of H-pyrrole nitrogens is 1. The minimum atomic E-state index is -0.916. The van der Waals surface area contributed by atoms with E-state index in [1.54, 1.807) is 6.07 Å². The number of aromatic amines is 1. The fourth-order valence-electron chi connectivity index (χ4n) is 1.53. The third-order valence-corrected chi connectivity index (χ3v) is 2.75. The van der Waals surface area contributed by atoms with E-state index in [0.29, 0.717) is 4.64 Å². The molecule has 2 nitrogen and oxygen atoms in total. The summed E-state index contributed by atoms with van der Waals surface area (Å²) in [4.78, 5) is 6.63. The minimum Gasteiger partial charge on any atom is -0.343 e. The molecule has 0 unspecified atom stereocenters. The molecule has 2 aliphatic rings. The summed E-state index contributed by atoms with van der Waals surface area (Å²) in [7, 11) is 0. The highest BCUT2D eigenvalue weighted by Gasteiger charge is 2.16. The van der Waals surface area contributed by atoms with Gasteiger partial charge >= 0.3 is 0 Å². The Morgan fingerprint density at radius 1 is 1.38 bits per heavy atom. The number of nitrogens with zero attached hydrogens (tertiary/aromatic N) is 1. The highest BCUT2D eigenvalue weighted by molar-refractivity contribution is 7.71. The molecule has 0 bridgehead atoms. The molecule has 16 heavy (non-hydrogen) atoms. The number of fused-ring (bicyclic) bond motifs is 1. The van der Waals surface area contributed by atoms with Gasteiger partial charge in [0.2, 0.25) is 0 Å². The van der Waals surface area contributed by atoms with Crippen molar-refractivity contribution in [1.29, 1.82) is 0 Å². The van der Waals surface area contributed by atoms with Crippen molar-refractivity contribution in [2.75, 3.05) is 0 Å². The molecule has 2 heterocycles. The van der Waals surface area contributed by atoms with Gasteiger partial charge in [0, 0.05) is 6.20 Å². The molecule has 0 aromatic carbocycles. The third-order valence-electron chi connectivity index (χ3n) is 2.42. The van der Waals surface area contributed by atoms with E-state index in [-0.39, 0.29) is 17.3 Å². The van der Waals surface area contributed by atoms with Gasteiger partial charge in [-0.2, -0.15) is 0 Å². The van der Waals surface area contributed by atoms with E-state index in [2.05, 4.69) is 9.97 Å². The fourth-order valence-corrected chi connectivity index (χ4v) is 1.91. The van der Waals surface area contributed by atoms with E-state index in [0.717, 1.165) is 11.8 Å². The summed E-state index contributed by atoms with van der Waals surface area (Å²) in [5.41, 5.74) is 0.887. The van der Waals surface area contributed by atoms with E-state index in [4.69, 9.17) is 12.2 Å². The van der Waals surface area contributed by atoms with Gasteiger partial charge in [0.15, 0.2) is 11.6 Å². The Morgan fingerprint density at radius 3 is 2.69 bits per heavy atom. The first-order chi connectivity index (χ1) is 7.50. The SMILES string of the molecule is CC(C)c1cc2c(F)c(F)c[nH]c-2nc1=S. The molecule has 0 aromatic rings. The summed E-state index contributed by atoms with van der Waals surface area (Å²) in [5, 5.41) is 0. The van der Waals surface area contributed by atoms with Gasteiger partial charge in [-0.3, -0.25) is 0 Å². The van der Waals surface area contributed by atoms with Gasteiger partial charge in [0.25, 0.3) is 0 Å². The lowest BCUT2D eigenvalue weighted by molar-refractivity contribution is 0.505. The summed E-state index contributed by atoms with van der Waals surface area (Å²) >= 11 is 5.08. The van der Waals surface area contributed by atoms with Crippen molar-refractivity contribution in [3.63, 3.8) is 0 Å². The summed E-state index contributed by atoms with van der Waals surface area (Å²) in [6, 6.07) is 1.56. The van der Waals surface area contributed by atoms with Crippen LogP contribution < -0.4 is 0 Å². The van der Waals surface area contributed by atoms with Crippen molar-refractivity contribution in [1.82, 2.24) is 9.97 Å². The molecule has 0 saturated heterocycles. The van der Waals surface area contributed by atoms with E-state index in [9.17, 15) is 8.78 Å². The molecule has 5 heteroatoms. The van der Waals surface area contributed by atoms with Gasteiger partial charge < -0.3 is 4.98 Å². The molecule has 2 rings (SSSR count). The molecular weight excluding hydrogens is 230 g/mol. The summed E-state index contributed by atoms with van der Waals surface area (Å²) < 4.78 is 26.9. The van der Waals surface area contributed by atoms with E-state index < -0.39 is 11.6 Å². The highest BCUT2D eigenvalue weighted by Crippen LogP contribution is 2.27.